The molecule has 2 aromatic rings. The molecule has 1 atom stereocenters. The number of aliphatic hydroxyl groups excluding tert-OH is 1. The Kier molecular flexibility index (Phi) is 5.02. The van der Waals surface area contributed by atoms with Crippen LogP contribution in [-0.4, -0.2) is 22.0 Å². The van der Waals surface area contributed by atoms with E-state index >= 15 is 0 Å². The van der Waals surface area contributed by atoms with E-state index in [1.54, 1.807) is 13.3 Å². The van der Waals surface area contributed by atoms with Gasteiger partial charge in [0.1, 0.15) is 11.8 Å². The van der Waals surface area contributed by atoms with Crippen LogP contribution in [0.2, 0.25) is 0 Å². The Morgan fingerprint density at radius 2 is 2.05 bits per heavy atom. The molecule has 0 aliphatic heterocycles. The zero-order chi connectivity index (χ0) is 15.4. The van der Waals surface area contributed by atoms with E-state index < -0.39 is 6.10 Å². The zero-order valence-corrected chi connectivity index (χ0v) is 13.3. The molecule has 0 radical (unpaired) electrons. The zero-order valence-electron chi connectivity index (χ0n) is 13.3. The number of hydrogen-bond donors (Lipinski definition) is 1. The molecule has 4 heteroatoms. The van der Waals surface area contributed by atoms with Gasteiger partial charge in [0.2, 0.25) is 0 Å². The lowest BCUT2D eigenvalue weighted by molar-refractivity contribution is 0.162. The molecule has 0 saturated carbocycles. The third-order valence-electron chi connectivity index (χ3n) is 3.82. The molecule has 21 heavy (non-hydrogen) atoms. The fourth-order valence-corrected chi connectivity index (χ4v) is 2.51. The molecule has 1 aromatic carbocycles. The molecule has 0 bridgehead atoms. The van der Waals surface area contributed by atoms with Gasteiger partial charge in [-0.15, -0.1) is 0 Å². The Hall–Kier alpha value is -1.81. The van der Waals surface area contributed by atoms with Crippen LogP contribution in [0.15, 0.2) is 24.4 Å². The van der Waals surface area contributed by atoms with Crippen molar-refractivity contribution in [3.05, 3.63) is 46.8 Å². The van der Waals surface area contributed by atoms with Crippen molar-refractivity contribution in [2.75, 3.05) is 7.11 Å². The Morgan fingerprint density at radius 1 is 1.29 bits per heavy atom. The van der Waals surface area contributed by atoms with Crippen molar-refractivity contribution in [1.29, 1.82) is 0 Å². The van der Waals surface area contributed by atoms with Crippen LogP contribution in [0.25, 0.3) is 0 Å². The van der Waals surface area contributed by atoms with E-state index in [-0.39, 0.29) is 0 Å². The maximum absolute atomic E-state index is 10.6. The molecule has 1 N–H and O–H groups in total. The first-order chi connectivity index (χ1) is 10.1. The average molecular weight is 288 g/mol. The largest absolute Gasteiger partial charge is 0.493 e. The van der Waals surface area contributed by atoms with Crippen LogP contribution in [-0.2, 0) is 13.0 Å². The summed E-state index contributed by atoms with van der Waals surface area (Å²) in [5.41, 5.74) is 4.39. The highest BCUT2D eigenvalue weighted by Gasteiger charge is 2.20. The van der Waals surface area contributed by atoms with Crippen LogP contribution in [0, 0.1) is 13.8 Å². The van der Waals surface area contributed by atoms with Crippen LogP contribution in [0.4, 0.5) is 0 Å². The van der Waals surface area contributed by atoms with Crippen molar-refractivity contribution in [2.45, 2.75) is 46.3 Å². The molecule has 0 aliphatic carbocycles. The lowest BCUT2D eigenvalue weighted by Crippen LogP contribution is -2.12. The minimum atomic E-state index is -0.615. The van der Waals surface area contributed by atoms with Crippen molar-refractivity contribution in [1.82, 2.24) is 9.78 Å². The fourth-order valence-electron chi connectivity index (χ4n) is 2.51. The number of rotatable bonds is 6. The minimum absolute atomic E-state index is 0.562. The summed E-state index contributed by atoms with van der Waals surface area (Å²) in [6.45, 7) is 7.05. The molecule has 0 fully saturated rings. The molecule has 4 nitrogen and oxygen atoms in total. The van der Waals surface area contributed by atoms with Gasteiger partial charge in [-0.3, -0.25) is 4.68 Å². The molecular weight excluding hydrogens is 264 g/mol. The second kappa shape index (κ2) is 6.76. The van der Waals surface area contributed by atoms with Crippen LogP contribution in [0.5, 0.6) is 5.75 Å². The smallest absolute Gasteiger partial charge is 0.162 e. The van der Waals surface area contributed by atoms with Crippen molar-refractivity contribution < 1.29 is 9.84 Å². The van der Waals surface area contributed by atoms with E-state index in [1.165, 1.54) is 11.1 Å². The number of methoxy groups -OCH3 is 1. The molecule has 0 aliphatic rings. The van der Waals surface area contributed by atoms with E-state index in [4.69, 9.17) is 4.74 Å². The molecule has 1 heterocycles. The summed E-state index contributed by atoms with van der Waals surface area (Å²) in [6, 6.07) is 6.29. The number of hydrogen-bond acceptors (Lipinski definition) is 3. The first-order valence-corrected chi connectivity index (χ1v) is 7.40. The van der Waals surface area contributed by atoms with E-state index in [9.17, 15) is 5.11 Å². The molecule has 0 spiro atoms. The summed E-state index contributed by atoms with van der Waals surface area (Å²) in [5, 5.41) is 14.9. The number of benzene rings is 1. The van der Waals surface area contributed by atoms with Gasteiger partial charge in [0.05, 0.1) is 13.3 Å². The van der Waals surface area contributed by atoms with Crippen molar-refractivity contribution >= 4 is 0 Å². The summed E-state index contributed by atoms with van der Waals surface area (Å²) in [7, 11) is 1.61. The maximum Gasteiger partial charge on any atom is 0.162 e. The van der Waals surface area contributed by atoms with Gasteiger partial charge >= 0.3 is 0 Å². The average Bonchev–Trinajstić information content (AvgIpc) is 2.86. The highest BCUT2D eigenvalue weighted by atomic mass is 16.5. The molecule has 0 amide bonds. The summed E-state index contributed by atoms with van der Waals surface area (Å²) in [6.07, 6.45) is 2.59. The topological polar surface area (TPSA) is 47.3 Å². The SMILES string of the molecule is CCCn1ncc(OC)c1C(O)Cc1ccc(C)c(C)c1. The normalized spacial score (nSPS) is 12.4. The highest BCUT2D eigenvalue weighted by molar-refractivity contribution is 5.33. The predicted molar refractivity (Wildman–Crippen MR) is 83.6 cm³/mol. The van der Waals surface area contributed by atoms with Gasteiger partial charge in [-0.25, -0.2) is 0 Å². The minimum Gasteiger partial charge on any atom is -0.493 e. The molecule has 1 unspecified atom stereocenters. The standard InChI is InChI=1S/C17H24N2O2/c1-5-8-19-17(16(21-4)11-18-19)15(20)10-14-7-6-12(2)13(3)9-14/h6-7,9,11,15,20H,5,8,10H2,1-4H3. The lowest BCUT2D eigenvalue weighted by Gasteiger charge is -2.15. The summed E-state index contributed by atoms with van der Waals surface area (Å²) in [5.74, 6) is 0.653. The highest BCUT2D eigenvalue weighted by Crippen LogP contribution is 2.28. The molecule has 2 rings (SSSR count). The maximum atomic E-state index is 10.6. The van der Waals surface area contributed by atoms with Gasteiger partial charge < -0.3 is 9.84 Å². The lowest BCUT2D eigenvalue weighted by atomic mass is 10.0. The van der Waals surface area contributed by atoms with Crippen molar-refractivity contribution in [2.24, 2.45) is 0 Å². The summed E-state index contributed by atoms with van der Waals surface area (Å²) < 4.78 is 7.17. The monoisotopic (exact) mass is 288 g/mol. The molecular formula is C17H24N2O2. The number of nitrogens with zero attached hydrogens (tertiary/aromatic N) is 2. The number of ether oxygens (including phenoxy) is 1. The van der Waals surface area contributed by atoms with Gasteiger partial charge in [-0.2, -0.15) is 5.10 Å². The third-order valence-corrected chi connectivity index (χ3v) is 3.82. The fraction of sp³-hybridized carbons (Fsp3) is 0.471. The second-order valence-electron chi connectivity index (χ2n) is 5.46. The van der Waals surface area contributed by atoms with Crippen LogP contribution < -0.4 is 4.74 Å². The van der Waals surface area contributed by atoms with Crippen LogP contribution >= 0.6 is 0 Å². The molecule has 1 aromatic heterocycles. The molecule has 114 valence electrons. The Bertz CT molecular complexity index is 605. The van der Waals surface area contributed by atoms with Gasteiger partial charge in [0.25, 0.3) is 0 Å². The van der Waals surface area contributed by atoms with Crippen molar-refractivity contribution in [3.63, 3.8) is 0 Å². The van der Waals surface area contributed by atoms with Crippen LogP contribution in [0.3, 0.4) is 0 Å². The second-order valence-corrected chi connectivity index (χ2v) is 5.46. The third kappa shape index (κ3) is 3.45. The first-order valence-electron chi connectivity index (χ1n) is 7.40. The predicted octanol–water partition coefficient (Wildman–Crippen LogP) is 3.19. The Morgan fingerprint density at radius 3 is 2.67 bits per heavy atom. The van der Waals surface area contributed by atoms with Gasteiger partial charge in [0.15, 0.2) is 5.75 Å². The Labute approximate surface area is 126 Å². The quantitative estimate of drug-likeness (QED) is 0.888. The molecule has 0 saturated heterocycles. The van der Waals surface area contributed by atoms with Crippen LogP contribution in [0.1, 0.15) is 41.8 Å². The van der Waals surface area contributed by atoms with Gasteiger partial charge in [0, 0.05) is 13.0 Å². The van der Waals surface area contributed by atoms with E-state index in [2.05, 4.69) is 44.1 Å². The van der Waals surface area contributed by atoms with Gasteiger partial charge in [-0.1, -0.05) is 25.1 Å². The van der Waals surface area contributed by atoms with E-state index in [0.717, 1.165) is 24.2 Å². The summed E-state index contributed by atoms with van der Waals surface area (Å²) >= 11 is 0. The van der Waals surface area contributed by atoms with Gasteiger partial charge in [-0.05, 0) is 37.0 Å². The number of aryl methyl sites for hydroxylation is 3. The van der Waals surface area contributed by atoms with E-state index in [0.29, 0.717) is 12.2 Å². The first kappa shape index (κ1) is 15.6. The van der Waals surface area contributed by atoms with E-state index in [1.807, 2.05) is 4.68 Å². The Balaban J connectivity index is 2.24. The number of aliphatic hydroxyl groups is 1. The number of aromatic nitrogens is 2. The summed E-state index contributed by atoms with van der Waals surface area (Å²) in [4.78, 5) is 0. The van der Waals surface area contributed by atoms with Crippen molar-refractivity contribution in [3.8, 4) is 5.75 Å².